The van der Waals surface area contributed by atoms with Gasteiger partial charge in [-0.3, -0.25) is 0 Å². The second-order valence-corrected chi connectivity index (χ2v) is 4.28. The van der Waals surface area contributed by atoms with E-state index in [0.717, 1.165) is 6.54 Å². The van der Waals surface area contributed by atoms with Crippen LogP contribution in [-0.4, -0.2) is 4.57 Å². The van der Waals surface area contributed by atoms with Crippen molar-refractivity contribution in [1.29, 1.82) is 0 Å². The van der Waals surface area contributed by atoms with E-state index in [4.69, 9.17) is 0 Å². The minimum Gasteiger partial charge on any atom is -0.237 e. The van der Waals surface area contributed by atoms with E-state index in [1.807, 2.05) is 0 Å². The first-order valence-electron chi connectivity index (χ1n) is 6.33. The predicted molar refractivity (Wildman–Crippen MR) is 63.7 cm³/mol. The van der Waals surface area contributed by atoms with Crippen LogP contribution in [0, 0.1) is 0 Å². The quantitative estimate of drug-likeness (QED) is 0.482. The smallest absolute Gasteiger partial charge is 0.237 e. The molecule has 0 unspecified atom stereocenters. The Morgan fingerprint density at radius 2 is 1.87 bits per heavy atom. The number of hydrogen-bond acceptors (Lipinski definition) is 0. The molecule has 0 aliphatic rings. The van der Waals surface area contributed by atoms with Crippen molar-refractivity contribution in [2.24, 2.45) is 7.05 Å². The van der Waals surface area contributed by atoms with E-state index in [9.17, 15) is 0 Å². The highest BCUT2D eigenvalue weighted by Gasteiger charge is 2.11. The standard InChI is InChI=1S/C13H25N2/c1-4-6-7-8-9-10-13-14(3)11-12-15(13)5-2/h11-12H,4-10H2,1-3H3/q+1. The van der Waals surface area contributed by atoms with E-state index in [-0.39, 0.29) is 0 Å². The summed E-state index contributed by atoms with van der Waals surface area (Å²) in [5.41, 5.74) is 0. The summed E-state index contributed by atoms with van der Waals surface area (Å²) in [4.78, 5) is 0. The van der Waals surface area contributed by atoms with Gasteiger partial charge in [-0.05, 0) is 13.3 Å². The zero-order valence-electron chi connectivity index (χ0n) is 10.5. The SMILES string of the molecule is CCCCCCCc1n(CC)cc[n+]1C. The first-order chi connectivity index (χ1) is 7.29. The number of rotatable bonds is 7. The number of aromatic nitrogens is 2. The zero-order valence-corrected chi connectivity index (χ0v) is 10.5. The fourth-order valence-corrected chi connectivity index (χ4v) is 2.05. The topological polar surface area (TPSA) is 8.81 Å². The lowest BCUT2D eigenvalue weighted by molar-refractivity contribution is -0.678. The van der Waals surface area contributed by atoms with Gasteiger partial charge < -0.3 is 0 Å². The molecule has 0 amide bonds. The molecule has 0 saturated heterocycles. The molecular formula is C13H25N2+. The number of aryl methyl sites for hydroxylation is 2. The van der Waals surface area contributed by atoms with Gasteiger partial charge in [0.05, 0.1) is 13.6 Å². The molecule has 1 rings (SSSR count). The van der Waals surface area contributed by atoms with Gasteiger partial charge in [0.1, 0.15) is 12.4 Å². The Kier molecular flexibility index (Phi) is 5.44. The average Bonchev–Trinajstić information content (AvgIpc) is 2.60. The van der Waals surface area contributed by atoms with Crippen LogP contribution >= 0.6 is 0 Å². The molecule has 0 atom stereocenters. The number of unbranched alkanes of at least 4 members (excludes halogenated alkanes) is 4. The summed E-state index contributed by atoms with van der Waals surface area (Å²) in [6.07, 6.45) is 12.4. The Bertz CT molecular complexity index is 276. The first kappa shape index (κ1) is 12.3. The minimum absolute atomic E-state index is 1.09. The van der Waals surface area contributed by atoms with Crippen molar-refractivity contribution in [3.8, 4) is 0 Å². The molecule has 0 saturated carbocycles. The monoisotopic (exact) mass is 209 g/mol. The van der Waals surface area contributed by atoms with E-state index in [1.54, 1.807) is 0 Å². The van der Waals surface area contributed by atoms with Gasteiger partial charge in [0.15, 0.2) is 0 Å². The van der Waals surface area contributed by atoms with Gasteiger partial charge in [0.25, 0.3) is 5.82 Å². The van der Waals surface area contributed by atoms with Crippen LogP contribution in [0.5, 0.6) is 0 Å². The van der Waals surface area contributed by atoms with E-state index >= 15 is 0 Å². The van der Waals surface area contributed by atoms with E-state index < -0.39 is 0 Å². The van der Waals surface area contributed by atoms with E-state index in [2.05, 4.69) is 42.4 Å². The van der Waals surface area contributed by atoms with Crippen molar-refractivity contribution in [2.45, 2.75) is 58.9 Å². The summed E-state index contributed by atoms with van der Waals surface area (Å²) in [6.45, 7) is 5.56. The van der Waals surface area contributed by atoms with Crippen LogP contribution in [0.25, 0.3) is 0 Å². The summed E-state index contributed by atoms with van der Waals surface area (Å²) >= 11 is 0. The average molecular weight is 209 g/mol. The maximum absolute atomic E-state index is 2.35. The van der Waals surface area contributed by atoms with E-state index in [1.165, 1.54) is 44.3 Å². The third-order valence-corrected chi connectivity index (χ3v) is 3.05. The Morgan fingerprint density at radius 3 is 2.53 bits per heavy atom. The maximum Gasteiger partial charge on any atom is 0.256 e. The highest BCUT2D eigenvalue weighted by Crippen LogP contribution is 2.06. The molecule has 2 nitrogen and oxygen atoms in total. The van der Waals surface area contributed by atoms with Gasteiger partial charge in [0, 0.05) is 6.42 Å². The molecule has 0 radical (unpaired) electrons. The van der Waals surface area contributed by atoms with Crippen LogP contribution < -0.4 is 4.57 Å². The summed E-state index contributed by atoms with van der Waals surface area (Å²) < 4.78 is 4.60. The molecule has 1 heterocycles. The summed E-state index contributed by atoms with van der Waals surface area (Å²) in [5.74, 6) is 1.47. The maximum atomic E-state index is 2.35. The highest BCUT2D eigenvalue weighted by molar-refractivity contribution is 4.83. The molecule has 0 fully saturated rings. The summed E-state index contributed by atoms with van der Waals surface area (Å²) in [7, 11) is 2.15. The van der Waals surface area contributed by atoms with Crippen LogP contribution in [0.1, 0.15) is 51.8 Å². The molecule has 0 aliphatic heterocycles. The predicted octanol–water partition coefficient (Wildman–Crippen LogP) is 2.85. The molecule has 0 bridgehead atoms. The van der Waals surface area contributed by atoms with Gasteiger partial charge in [-0.2, -0.15) is 0 Å². The van der Waals surface area contributed by atoms with E-state index in [0.29, 0.717) is 0 Å². The number of hydrogen-bond donors (Lipinski definition) is 0. The van der Waals surface area contributed by atoms with Crippen molar-refractivity contribution < 1.29 is 4.57 Å². The minimum atomic E-state index is 1.09. The van der Waals surface area contributed by atoms with Crippen LogP contribution in [-0.2, 0) is 20.0 Å². The number of nitrogens with zero attached hydrogens (tertiary/aromatic N) is 2. The molecule has 1 aromatic heterocycles. The van der Waals surface area contributed by atoms with Crippen molar-refractivity contribution in [3.05, 3.63) is 18.2 Å². The highest BCUT2D eigenvalue weighted by atomic mass is 15.1. The van der Waals surface area contributed by atoms with Crippen molar-refractivity contribution in [1.82, 2.24) is 4.57 Å². The van der Waals surface area contributed by atoms with Gasteiger partial charge in [0.2, 0.25) is 0 Å². The van der Waals surface area contributed by atoms with Crippen molar-refractivity contribution in [2.75, 3.05) is 0 Å². The lowest BCUT2D eigenvalue weighted by Gasteiger charge is -2.01. The molecule has 0 aliphatic carbocycles. The zero-order chi connectivity index (χ0) is 11.1. The third-order valence-electron chi connectivity index (χ3n) is 3.05. The second-order valence-electron chi connectivity index (χ2n) is 4.28. The fourth-order valence-electron chi connectivity index (χ4n) is 2.05. The van der Waals surface area contributed by atoms with Crippen molar-refractivity contribution >= 4 is 0 Å². The van der Waals surface area contributed by atoms with Gasteiger partial charge >= 0.3 is 0 Å². The number of imidazole rings is 1. The third kappa shape index (κ3) is 3.69. The molecule has 0 spiro atoms. The van der Waals surface area contributed by atoms with Crippen LogP contribution in [0.15, 0.2) is 12.4 Å². The Hall–Kier alpha value is -0.790. The van der Waals surface area contributed by atoms with Crippen LogP contribution in [0.2, 0.25) is 0 Å². The summed E-state index contributed by atoms with van der Waals surface area (Å²) in [6, 6.07) is 0. The molecule has 1 aromatic rings. The Morgan fingerprint density at radius 1 is 1.13 bits per heavy atom. The molecule has 0 N–H and O–H groups in total. The van der Waals surface area contributed by atoms with Gasteiger partial charge in [-0.15, -0.1) is 0 Å². The molecule has 86 valence electrons. The Labute approximate surface area is 93.9 Å². The Balaban J connectivity index is 2.33. The largest absolute Gasteiger partial charge is 0.256 e. The van der Waals surface area contributed by atoms with Crippen molar-refractivity contribution in [3.63, 3.8) is 0 Å². The molecule has 0 aromatic carbocycles. The van der Waals surface area contributed by atoms with Crippen LogP contribution in [0.4, 0.5) is 0 Å². The fraction of sp³-hybridized carbons (Fsp3) is 0.769. The van der Waals surface area contributed by atoms with Gasteiger partial charge in [-0.25, -0.2) is 9.13 Å². The van der Waals surface area contributed by atoms with Crippen LogP contribution in [0.3, 0.4) is 0 Å². The lowest BCUT2D eigenvalue weighted by atomic mass is 10.1. The normalized spacial score (nSPS) is 10.9. The van der Waals surface area contributed by atoms with Gasteiger partial charge in [-0.1, -0.05) is 32.6 Å². The first-order valence-corrected chi connectivity index (χ1v) is 6.33. The molecule has 15 heavy (non-hydrogen) atoms. The lowest BCUT2D eigenvalue weighted by Crippen LogP contribution is -2.32. The summed E-state index contributed by atoms with van der Waals surface area (Å²) in [5, 5.41) is 0. The second kappa shape index (κ2) is 6.65. The molecule has 2 heteroatoms. The molecular weight excluding hydrogens is 184 g/mol.